The van der Waals surface area contributed by atoms with E-state index in [0.717, 1.165) is 23.2 Å². The fourth-order valence-corrected chi connectivity index (χ4v) is 2.64. The smallest absolute Gasteiger partial charge is 0.371 e. The minimum absolute atomic E-state index is 0.0401. The largest absolute Gasteiger partial charge is 0.417 e. The van der Waals surface area contributed by atoms with Crippen LogP contribution in [0.1, 0.15) is 5.56 Å². The lowest BCUT2D eigenvalue weighted by Crippen LogP contribution is -2.35. The number of likely N-dealkylation sites (N-methyl/N-ethyl adjacent to an activating group) is 1. The molecule has 132 valence electrons. The molecule has 1 atom stereocenters. The van der Waals surface area contributed by atoms with Crippen LogP contribution in [0.3, 0.4) is 0 Å². The Morgan fingerprint density at radius 1 is 1.24 bits per heavy atom. The zero-order valence-corrected chi connectivity index (χ0v) is 13.0. The topological polar surface area (TPSA) is 56.7 Å². The molecule has 0 spiro atoms. The van der Waals surface area contributed by atoms with Crippen LogP contribution in [0.5, 0.6) is 0 Å². The van der Waals surface area contributed by atoms with Crippen molar-refractivity contribution in [2.75, 3.05) is 18.5 Å². The lowest BCUT2D eigenvalue weighted by molar-refractivity contribution is -0.137. The molecule has 3 rings (SSSR count). The van der Waals surface area contributed by atoms with Gasteiger partial charge in [0.1, 0.15) is 11.6 Å². The Labute approximate surface area is 140 Å². The number of carbonyl (C=O) groups excluding carboxylic acids is 1. The van der Waals surface area contributed by atoms with Crippen molar-refractivity contribution >= 4 is 11.8 Å². The predicted octanol–water partition coefficient (Wildman–Crippen LogP) is 3.10. The van der Waals surface area contributed by atoms with E-state index in [4.69, 9.17) is 0 Å². The molecule has 2 heterocycles. The lowest BCUT2D eigenvalue weighted by Gasteiger charge is -2.21. The number of β-amino-alcohol motifs (C(OH)–C–C–N with tert-alkyl or cyclic N) is 1. The van der Waals surface area contributed by atoms with Crippen molar-refractivity contribution < 1.29 is 27.5 Å². The molecule has 0 bridgehead atoms. The van der Waals surface area contributed by atoms with Gasteiger partial charge in [0.15, 0.2) is 6.23 Å². The molecule has 1 saturated heterocycles. The fourth-order valence-electron chi connectivity index (χ4n) is 2.64. The van der Waals surface area contributed by atoms with Gasteiger partial charge in [0.25, 0.3) is 0 Å². The van der Waals surface area contributed by atoms with Crippen molar-refractivity contribution in [2.45, 2.75) is 12.4 Å². The lowest BCUT2D eigenvalue weighted by atomic mass is 10.0. The summed E-state index contributed by atoms with van der Waals surface area (Å²) in [4.78, 5) is 17.9. The molecule has 0 radical (unpaired) electrons. The molecule has 1 aliphatic rings. The number of halogens is 4. The van der Waals surface area contributed by atoms with Crippen LogP contribution in [0.15, 0.2) is 36.5 Å². The van der Waals surface area contributed by atoms with Gasteiger partial charge >= 0.3 is 12.2 Å². The van der Waals surface area contributed by atoms with Crippen LogP contribution >= 0.6 is 0 Å². The van der Waals surface area contributed by atoms with Crippen molar-refractivity contribution in [3.63, 3.8) is 0 Å². The van der Waals surface area contributed by atoms with Crippen molar-refractivity contribution in [3.8, 4) is 11.1 Å². The number of carbonyl (C=O) groups is 1. The number of amides is 2. The molecule has 2 aromatic rings. The average molecular weight is 355 g/mol. The number of anilines is 1. The number of benzene rings is 1. The summed E-state index contributed by atoms with van der Waals surface area (Å²) in [7, 11) is 1.42. The number of rotatable bonds is 2. The van der Waals surface area contributed by atoms with Gasteiger partial charge in [-0.2, -0.15) is 13.2 Å². The standard InChI is InChI=1S/C16H13F4N3O2/c1-22-8-14(24)23(15(22)25)13-6-12(16(18,19)20)11(7-21-13)9-2-4-10(17)5-3-9/h2-7,14,24H,8H2,1H3. The minimum Gasteiger partial charge on any atom is -0.371 e. The highest BCUT2D eigenvalue weighted by atomic mass is 19.4. The number of alkyl halides is 3. The Morgan fingerprint density at radius 2 is 1.88 bits per heavy atom. The van der Waals surface area contributed by atoms with Crippen molar-refractivity contribution in [2.24, 2.45) is 0 Å². The maximum Gasteiger partial charge on any atom is 0.417 e. The molecule has 2 amide bonds. The summed E-state index contributed by atoms with van der Waals surface area (Å²) in [5, 5.41) is 9.89. The Morgan fingerprint density at radius 3 is 2.40 bits per heavy atom. The molecule has 1 aliphatic heterocycles. The minimum atomic E-state index is -4.72. The summed E-state index contributed by atoms with van der Waals surface area (Å²) in [6, 6.07) is 4.58. The second kappa shape index (κ2) is 5.99. The maximum absolute atomic E-state index is 13.5. The van der Waals surface area contributed by atoms with Gasteiger partial charge in [-0.15, -0.1) is 0 Å². The second-order valence-electron chi connectivity index (χ2n) is 5.61. The highest BCUT2D eigenvalue weighted by Gasteiger charge is 2.39. The van der Waals surface area contributed by atoms with E-state index in [2.05, 4.69) is 4.98 Å². The van der Waals surface area contributed by atoms with Gasteiger partial charge in [0.05, 0.1) is 12.1 Å². The van der Waals surface area contributed by atoms with Crippen LogP contribution in [0.2, 0.25) is 0 Å². The summed E-state index contributed by atoms with van der Waals surface area (Å²) in [6.07, 6.45) is -5.05. The Bertz CT molecular complexity index is 808. The number of nitrogens with zero attached hydrogens (tertiary/aromatic N) is 3. The molecule has 9 heteroatoms. The number of pyridine rings is 1. The highest BCUT2D eigenvalue weighted by Crippen LogP contribution is 2.39. The van der Waals surface area contributed by atoms with Crippen molar-refractivity contribution in [1.82, 2.24) is 9.88 Å². The van der Waals surface area contributed by atoms with E-state index < -0.39 is 29.8 Å². The SMILES string of the molecule is CN1CC(O)N(c2cc(C(F)(F)F)c(-c3ccc(F)cc3)cn2)C1=O. The van der Waals surface area contributed by atoms with E-state index in [1.54, 1.807) is 0 Å². The maximum atomic E-state index is 13.5. The van der Waals surface area contributed by atoms with Gasteiger partial charge in [-0.3, -0.25) is 0 Å². The first-order valence-electron chi connectivity index (χ1n) is 7.24. The van der Waals surface area contributed by atoms with Crippen LogP contribution < -0.4 is 4.90 Å². The molecule has 1 N–H and O–H groups in total. The Balaban J connectivity index is 2.10. The number of aliphatic hydroxyl groups is 1. The van der Waals surface area contributed by atoms with Crippen LogP contribution in [-0.4, -0.2) is 40.8 Å². The van der Waals surface area contributed by atoms with Gasteiger partial charge in [-0.1, -0.05) is 12.1 Å². The van der Waals surface area contributed by atoms with E-state index >= 15 is 0 Å². The molecule has 0 aliphatic carbocycles. The fraction of sp³-hybridized carbons (Fsp3) is 0.250. The number of hydrogen-bond acceptors (Lipinski definition) is 3. The third-order valence-electron chi connectivity index (χ3n) is 3.86. The zero-order valence-electron chi connectivity index (χ0n) is 13.0. The molecule has 5 nitrogen and oxygen atoms in total. The molecule has 0 saturated carbocycles. The van der Waals surface area contributed by atoms with Gasteiger partial charge in [-0.25, -0.2) is 19.1 Å². The van der Waals surface area contributed by atoms with E-state index in [-0.39, 0.29) is 23.5 Å². The van der Waals surface area contributed by atoms with Crippen LogP contribution in [0, 0.1) is 5.82 Å². The van der Waals surface area contributed by atoms with E-state index in [0.29, 0.717) is 6.07 Å². The van der Waals surface area contributed by atoms with Crippen LogP contribution in [0.25, 0.3) is 11.1 Å². The predicted molar refractivity (Wildman–Crippen MR) is 81.1 cm³/mol. The van der Waals surface area contributed by atoms with Crippen molar-refractivity contribution in [3.05, 3.63) is 47.9 Å². The summed E-state index contributed by atoms with van der Waals surface area (Å²) in [6.45, 7) is -0.0401. The van der Waals surface area contributed by atoms with E-state index in [1.165, 1.54) is 24.1 Å². The van der Waals surface area contributed by atoms with Gasteiger partial charge in [0.2, 0.25) is 0 Å². The third kappa shape index (κ3) is 3.14. The van der Waals surface area contributed by atoms with Gasteiger partial charge < -0.3 is 10.0 Å². The van der Waals surface area contributed by atoms with Crippen LogP contribution in [-0.2, 0) is 6.18 Å². The van der Waals surface area contributed by atoms with Crippen LogP contribution in [0.4, 0.5) is 28.2 Å². The average Bonchev–Trinajstić information content (AvgIpc) is 2.79. The van der Waals surface area contributed by atoms with E-state index in [1.807, 2.05) is 0 Å². The Kier molecular flexibility index (Phi) is 4.11. The van der Waals surface area contributed by atoms with Gasteiger partial charge in [-0.05, 0) is 23.8 Å². The summed E-state index contributed by atoms with van der Waals surface area (Å²) in [5.74, 6) is -0.879. The number of urea groups is 1. The van der Waals surface area contributed by atoms with E-state index in [9.17, 15) is 27.5 Å². The summed E-state index contributed by atoms with van der Waals surface area (Å²) < 4.78 is 53.4. The monoisotopic (exact) mass is 355 g/mol. The number of hydrogen-bond donors (Lipinski definition) is 1. The first kappa shape index (κ1) is 17.2. The Hall–Kier alpha value is -2.68. The molecule has 1 aromatic heterocycles. The zero-order chi connectivity index (χ0) is 18.4. The molecule has 1 unspecified atom stereocenters. The number of aliphatic hydroxyl groups excluding tert-OH is 1. The second-order valence-corrected chi connectivity index (χ2v) is 5.61. The summed E-state index contributed by atoms with van der Waals surface area (Å²) >= 11 is 0. The normalized spacial score (nSPS) is 18.2. The van der Waals surface area contributed by atoms with Crippen molar-refractivity contribution in [1.29, 1.82) is 0 Å². The quantitative estimate of drug-likeness (QED) is 0.843. The molecular weight excluding hydrogens is 342 g/mol. The number of aromatic nitrogens is 1. The third-order valence-corrected chi connectivity index (χ3v) is 3.86. The molecule has 1 aromatic carbocycles. The highest BCUT2D eigenvalue weighted by molar-refractivity contribution is 5.93. The molecule has 25 heavy (non-hydrogen) atoms. The summed E-state index contributed by atoms with van der Waals surface area (Å²) in [5.41, 5.74) is -1.14. The van der Waals surface area contributed by atoms with Gasteiger partial charge in [0, 0.05) is 18.8 Å². The first-order valence-corrected chi connectivity index (χ1v) is 7.24. The molecule has 1 fully saturated rings. The molecular formula is C16H13F4N3O2. The first-order chi connectivity index (χ1) is 11.7.